The van der Waals surface area contributed by atoms with E-state index in [0.29, 0.717) is 0 Å². The van der Waals surface area contributed by atoms with Crippen molar-refractivity contribution in [2.75, 3.05) is 19.0 Å². The molecule has 4 nitrogen and oxygen atoms in total. The number of hydrogen-bond donors (Lipinski definition) is 2. The molecule has 2 aliphatic heterocycles. The zero-order chi connectivity index (χ0) is 15.0. The number of anilines is 1. The molecule has 114 valence electrons. The molecular weight excluding hydrogens is 264 g/mol. The molecule has 4 heteroatoms. The lowest BCUT2D eigenvalue weighted by Crippen LogP contribution is -2.34. The molecule has 21 heavy (non-hydrogen) atoms. The molecule has 2 atom stereocenters. The second-order valence-electron chi connectivity index (χ2n) is 6.56. The maximum atomic E-state index is 12.1. The average Bonchev–Trinajstić information content (AvgIpc) is 2.72. The van der Waals surface area contributed by atoms with Crippen molar-refractivity contribution >= 4 is 11.6 Å². The highest BCUT2D eigenvalue weighted by molar-refractivity contribution is 6.05. The number of benzene rings is 1. The van der Waals surface area contributed by atoms with Crippen molar-refractivity contribution in [3.8, 4) is 0 Å². The molecule has 1 saturated heterocycles. The Balaban J connectivity index is 1.92. The lowest BCUT2D eigenvalue weighted by atomic mass is 9.84. The predicted molar refractivity (Wildman–Crippen MR) is 83.5 cm³/mol. The van der Waals surface area contributed by atoms with Crippen molar-refractivity contribution in [2.45, 2.75) is 50.7 Å². The summed E-state index contributed by atoms with van der Waals surface area (Å²) >= 11 is 0. The quantitative estimate of drug-likeness (QED) is 0.899. The first-order valence-corrected chi connectivity index (χ1v) is 7.79. The number of fused-ring (bicyclic) bond motifs is 1. The van der Waals surface area contributed by atoms with Gasteiger partial charge >= 0.3 is 0 Å². The van der Waals surface area contributed by atoms with E-state index in [1.807, 2.05) is 27.0 Å². The van der Waals surface area contributed by atoms with Gasteiger partial charge in [0.1, 0.15) is 0 Å². The third kappa shape index (κ3) is 2.47. The molecular formula is C17H24N2O2. The van der Waals surface area contributed by atoms with Crippen LogP contribution < -0.4 is 10.6 Å². The van der Waals surface area contributed by atoms with Crippen LogP contribution in [0.3, 0.4) is 0 Å². The lowest BCUT2D eigenvalue weighted by Gasteiger charge is -2.31. The Bertz CT molecular complexity index is 548. The molecule has 1 amide bonds. The molecule has 1 aromatic carbocycles. The van der Waals surface area contributed by atoms with E-state index in [0.717, 1.165) is 30.7 Å². The van der Waals surface area contributed by atoms with Crippen molar-refractivity contribution in [1.29, 1.82) is 0 Å². The SMILES string of the molecule is CNC(c1ccc2c(c1)C(C)(C)C(=O)N2)C1CCCCO1. The normalized spacial score (nSPS) is 25.3. The second kappa shape index (κ2) is 5.43. The lowest BCUT2D eigenvalue weighted by molar-refractivity contribution is -0.119. The Hall–Kier alpha value is -1.39. The fourth-order valence-electron chi connectivity index (χ4n) is 3.38. The highest BCUT2D eigenvalue weighted by Crippen LogP contribution is 2.39. The Kier molecular flexibility index (Phi) is 3.76. The molecule has 0 bridgehead atoms. The summed E-state index contributed by atoms with van der Waals surface area (Å²) < 4.78 is 5.93. The van der Waals surface area contributed by atoms with E-state index >= 15 is 0 Å². The molecule has 2 aliphatic rings. The van der Waals surface area contributed by atoms with Crippen LogP contribution >= 0.6 is 0 Å². The van der Waals surface area contributed by atoms with E-state index in [9.17, 15) is 4.79 Å². The van der Waals surface area contributed by atoms with Gasteiger partial charge in [-0.25, -0.2) is 0 Å². The van der Waals surface area contributed by atoms with E-state index in [1.54, 1.807) is 0 Å². The summed E-state index contributed by atoms with van der Waals surface area (Å²) in [7, 11) is 1.98. The van der Waals surface area contributed by atoms with Crippen molar-refractivity contribution in [3.05, 3.63) is 29.3 Å². The van der Waals surface area contributed by atoms with Crippen LogP contribution in [0.2, 0.25) is 0 Å². The molecule has 2 unspecified atom stereocenters. The van der Waals surface area contributed by atoms with Crippen molar-refractivity contribution < 1.29 is 9.53 Å². The number of ether oxygens (including phenoxy) is 1. The monoisotopic (exact) mass is 288 g/mol. The van der Waals surface area contributed by atoms with Gasteiger partial charge in [0.2, 0.25) is 5.91 Å². The van der Waals surface area contributed by atoms with Crippen LogP contribution in [0.15, 0.2) is 18.2 Å². The molecule has 0 aliphatic carbocycles. The van der Waals surface area contributed by atoms with Gasteiger partial charge < -0.3 is 15.4 Å². The van der Waals surface area contributed by atoms with Crippen LogP contribution in [-0.2, 0) is 14.9 Å². The van der Waals surface area contributed by atoms with E-state index in [-0.39, 0.29) is 18.1 Å². The van der Waals surface area contributed by atoms with Crippen molar-refractivity contribution in [1.82, 2.24) is 5.32 Å². The Labute approximate surface area is 126 Å². The van der Waals surface area contributed by atoms with Gasteiger partial charge in [0.15, 0.2) is 0 Å². The number of carbonyl (C=O) groups is 1. The minimum absolute atomic E-state index is 0.0737. The summed E-state index contributed by atoms with van der Waals surface area (Å²) in [4.78, 5) is 12.1. The van der Waals surface area contributed by atoms with Gasteiger partial charge in [-0.15, -0.1) is 0 Å². The number of nitrogens with one attached hydrogen (secondary N) is 2. The molecule has 0 radical (unpaired) electrons. The van der Waals surface area contributed by atoms with Crippen molar-refractivity contribution in [3.63, 3.8) is 0 Å². The molecule has 1 fully saturated rings. The molecule has 0 aromatic heterocycles. The van der Waals surface area contributed by atoms with E-state index in [4.69, 9.17) is 4.74 Å². The first-order valence-electron chi connectivity index (χ1n) is 7.79. The highest BCUT2D eigenvalue weighted by Gasteiger charge is 2.39. The third-order valence-corrected chi connectivity index (χ3v) is 4.79. The van der Waals surface area contributed by atoms with Crippen LogP contribution in [0.1, 0.15) is 50.3 Å². The average molecular weight is 288 g/mol. The fourth-order valence-corrected chi connectivity index (χ4v) is 3.38. The highest BCUT2D eigenvalue weighted by atomic mass is 16.5. The summed E-state index contributed by atoms with van der Waals surface area (Å²) in [6.45, 7) is 4.80. The van der Waals surface area contributed by atoms with Crippen molar-refractivity contribution in [2.24, 2.45) is 0 Å². The molecule has 0 saturated carbocycles. The minimum Gasteiger partial charge on any atom is -0.376 e. The van der Waals surface area contributed by atoms with Gasteiger partial charge in [0.25, 0.3) is 0 Å². The van der Waals surface area contributed by atoms with E-state index < -0.39 is 5.41 Å². The molecule has 1 aromatic rings. The van der Waals surface area contributed by atoms with E-state index in [2.05, 4.69) is 22.8 Å². The van der Waals surface area contributed by atoms with Crippen LogP contribution in [0.4, 0.5) is 5.69 Å². The third-order valence-electron chi connectivity index (χ3n) is 4.79. The first-order chi connectivity index (χ1) is 10.0. The van der Waals surface area contributed by atoms with E-state index in [1.165, 1.54) is 12.0 Å². The number of likely N-dealkylation sites (N-methyl/N-ethyl adjacent to an activating group) is 1. The van der Waals surface area contributed by atoms with Crippen LogP contribution in [0.5, 0.6) is 0 Å². The standard InChI is InChI=1S/C17H24N2O2/c1-17(2)12-10-11(7-8-13(12)19-16(17)20)15(18-3)14-6-4-5-9-21-14/h7-8,10,14-15,18H,4-6,9H2,1-3H3,(H,19,20). The molecule has 3 rings (SSSR count). The second-order valence-corrected chi connectivity index (χ2v) is 6.56. The first kappa shape index (κ1) is 14.5. The molecule has 0 spiro atoms. The topological polar surface area (TPSA) is 50.4 Å². The van der Waals surface area contributed by atoms with Gasteiger partial charge in [-0.2, -0.15) is 0 Å². The predicted octanol–water partition coefficient (Wildman–Crippen LogP) is 2.75. The molecule has 2 heterocycles. The van der Waals surface area contributed by atoms with Crippen LogP contribution in [-0.4, -0.2) is 25.7 Å². The maximum absolute atomic E-state index is 12.1. The van der Waals surface area contributed by atoms with Gasteiger partial charge in [0, 0.05) is 12.3 Å². The molecule has 2 N–H and O–H groups in total. The summed E-state index contributed by atoms with van der Waals surface area (Å²) in [6, 6.07) is 6.46. The van der Waals surface area contributed by atoms with Gasteiger partial charge in [-0.1, -0.05) is 12.1 Å². The fraction of sp³-hybridized carbons (Fsp3) is 0.588. The zero-order valence-electron chi connectivity index (χ0n) is 13.0. The Morgan fingerprint density at radius 1 is 1.38 bits per heavy atom. The van der Waals surface area contributed by atoms with Crippen LogP contribution in [0.25, 0.3) is 0 Å². The summed E-state index contributed by atoms with van der Waals surface area (Å²) in [5.41, 5.74) is 2.76. The van der Waals surface area contributed by atoms with Gasteiger partial charge in [-0.05, 0) is 57.4 Å². The van der Waals surface area contributed by atoms with Crippen LogP contribution in [0, 0.1) is 0 Å². The summed E-state index contributed by atoms with van der Waals surface area (Å²) in [6.07, 6.45) is 3.68. The number of rotatable bonds is 3. The minimum atomic E-state index is -0.461. The number of amides is 1. The summed E-state index contributed by atoms with van der Waals surface area (Å²) in [5.74, 6) is 0.0737. The van der Waals surface area contributed by atoms with Gasteiger partial charge in [-0.3, -0.25) is 4.79 Å². The zero-order valence-corrected chi connectivity index (χ0v) is 13.0. The number of hydrogen-bond acceptors (Lipinski definition) is 3. The Morgan fingerprint density at radius 3 is 2.86 bits per heavy atom. The Morgan fingerprint density at radius 2 is 2.19 bits per heavy atom. The largest absolute Gasteiger partial charge is 0.376 e. The number of carbonyl (C=O) groups excluding carboxylic acids is 1. The summed E-state index contributed by atoms with van der Waals surface area (Å²) in [5, 5.41) is 6.35. The van der Waals surface area contributed by atoms with Gasteiger partial charge in [0.05, 0.1) is 17.6 Å². The smallest absolute Gasteiger partial charge is 0.234 e. The maximum Gasteiger partial charge on any atom is 0.234 e.